The van der Waals surface area contributed by atoms with Crippen LogP contribution < -0.4 is 5.32 Å². The number of rotatable bonds is 4. The standard InChI is InChI=1S/C15H26N4S/c1-2-4-8-18(7-3-1)13-15-17-11-14(20-15)12-19-9-5-16-6-10-19/h11,16H,1-10,12-13H2. The van der Waals surface area contributed by atoms with Crippen molar-refractivity contribution in [3.8, 4) is 0 Å². The molecule has 2 aliphatic rings. The number of nitrogens with zero attached hydrogens (tertiary/aromatic N) is 3. The molecule has 2 saturated heterocycles. The predicted molar refractivity (Wildman–Crippen MR) is 84.0 cm³/mol. The van der Waals surface area contributed by atoms with Gasteiger partial charge in [0, 0.05) is 43.8 Å². The third-order valence-electron chi connectivity index (χ3n) is 4.25. The number of aromatic nitrogens is 1. The van der Waals surface area contributed by atoms with Crippen LogP contribution >= 0.6 is 11.3 Å². The number of nitrogens with one attached hydrogen (secondary N) is 1. The third kappa shape index (κ3) is 4.25. The van der Waals surface area contributed by atoms with E-state index in [1.54, 1.807) is 0 Å². The smallest absolute Gasteiger partial charge is 0.107 e. The van der Waals surface area contributed by atoms with E-state index in [-0.39, 0.29) is 0 Å². The van der Waals surface area contributed by atoms with E-state index in [0.29, 0.717) is 0 Å². The monoisotopic (exact) mass is 294 g/mol. The highest BCUT2D eigenvalue weighted by atomic mass is 32.1. The van der Waals surface area contributed by atoms with E-state index in [9.17, 15) is 0 Å². The minimum Gasteiger partial charge on any atom is -0.314 e. The summed E-state index contributed by atoms with van der Waals surface area (Å²) in [6.07, 6.45) is 7.63. The lowest BCUT2D eigenvalue weighted by atomic mass is 10.2. The highest BCUT2D eigenvalue weighted by Gasteiger charge is 2.14. The van der Waals surface area contributed by atoms with Crippen molar-refractivity contribution in [3.63, 3.8) is 0 Å². The molecule has 0 amide bonds. The number of hydrogen-bond donors (Lipinski definition) is 1. The molecule has 1 aromatic rings. The van der Waals surface area contributed by atoms with Crippen LogP contribution in [0.5, 0.6) is 0 Å². The molecule has 2 aliphatic heterocycles. The van der Waals surface area contributed by atoms with Crippen molar-refractivity contribution in [2.75, 3.05) is 39.3 Å². The zero-order chi connectivity index (χ0) is 13.6. The summed E-state index contributed by atoms with van der Waals surface area (Å²) in [7, 11) is 0. The Hall–Kier alpha value is -0.490. The largest absolute Gasteiger partial charge is 0.314 e. The van der Waals surface area contributed by atoms with E-state index in [0.717, 1.165) is 26.2 Å². The van der Waals surface area contributed by atoms with Gasteiger partial charge < -0.3 is 5.32 Å². The normalized spacial score (nSPS) is 22.8. The van der Waals surface area contributed by atoms with Crippen LogP contribution in [0.25, 0.3) is 0 Å². The Morgan fingerprint density at radius 2 is 1.65 bits per heavy atom. The molecule has 0 atom stereocenters. The first-order valence-electron chi connectivity index (χ1n) is 7.99. The zero-order valence-corrected chi connectivity index (χ0v) is 13.1. The van der Waals surface area contributed by atoms with Crippen molar-refractivity contribution in [1.29, 1.82) is 0 Å². The topological polar surface area (TPSA) is 31.4 Å². The molecule has 112 valence electrons. The molecule has 0 aliphatic carbocycles. The van der Waals surface area contributed by atoms with Gasteiger partial charge in [0.1, 0.15) is 5.01 Å². The first kappa shape index (κ1) is 14.4. The molecule has 0 radical (unpaired) electrons. The van der Waals surface area contributed by atoms with Gasteiger partial charge in [-0.05, 0) is 25.9 Å². The Balaban J connectivity index is 1.50. The molecule has 0 saturated carbocycles. The van der Waals surface area contributed by atoms with E-state index in [1.165, 1.54) is 61.7 Å². The maximum Gasteiger partial charge on any atom is 0.107 e. The van der Waals surface area contributed by atoms with Crippen molar-refractivity contribution in [1.82, 2.24) is 20.1 Å². The Bertz CT molecular complexity index is 392. The van der Waals surface area contributed by atoms with Crippen LogP contribution in [0.3, 0.4) is 0 Å². The summed E-state index contributed by atoms with van der Waals surface area (Å²) in [6, 6.07) is 0. The van der Waals surface area contributed by atoms with Gasteiger partial charge in [-0.25, -0.2) is 4.98 Å². The fourth-order valence-electron chi connectivity index (χ4n) is 3.07. The minimum absolute atomic E-state index is 1.06. The molecule has 2 fully saturated rings. The van der Waals surface area contributed by atoms with E-state index in [2.05, 4.69) is 26.3 Å². The average Bonchev–Trinajstić information content (AvgIpc) is 2.74. The molecule has 0 spiro atoms. The van der Waals surface area contributed by atoms with Gasteiger partial charge in [0.05, 0.1) is 6.54 Å². The minimum atomic E-state index is 1.06. The van der Waals surface area contributed by atoms with Crippen molar-refractivity contribution < 1.29 is 0 Å². The molecule has 0 aromatic carbocycles. The molecular formula is C15H26N4S. The van der Waals surface area contributed by atoms with Crippen LogP contribution in [0, 0.1) is 0 Å². The van der Waals surface area contributed by atoms with E-state index < -0.39 is 0 Å². The quantitative estimate of drug-likeness (QED) is 0.919. The molecule has 1 N–H and O–H groups in total. The summed E-state index contributed by atoms with van der Waals surface area (Å²) in [5.41, 5.74) is 0. The van der Waals surface area contributed by atoms with Crippen molar-refractivity contribution in [3.05, 3.63) is 16.1 Å². The summed E-state index contributed by atoms with van der Waals surface area (Å²) >= 11 is 1.91. The summed E-state index contributed by atoms with van der Waals surface area (Å²) in [5, 5.41) is 4.71. The van der Waals surface area contributed by atoms with Gasteiger partial charge >= 0.3 is 0 Å². The van der Waals surface area contributed by atoms with Crippen LogP contribution in [-0.2, 0) is 13.1 Å². The lowest BCUT2D eigenvalue weighted by Crippen LogP contribution is -2.42. The van der Waals surface area contributed by atoms with Gasteiger partial charge in [-0.3, -0.25) is 9.80 Å². The molecule has 0 bridgehead atoms. The van der Waals surface area contributed by atoms with Crippen LogP contribution in [0.15, 0.2) is 6.20 Å². The molecule has 3 heterocycles. The third-order valence-corrected chi connectivity index (χ3v) is 5.21. The lowest BCUT2D eigenvalue weighted by molar-refractivity contribution is 0.235. The van der Waals surface area contributed by atoms with Crippen molar-refractivity contribution >= 4 is 11.3 Å². The fourth-order valence-corrected chi connectivity index (χ4v) is 4.08. The summed E-state index contributed by atoms with van der Waals surface area (Å²) < 4.78 is 0. The Morgan fingerprint density at radius 1 is 0.950 bits per heavy atom. The Labute approximate surface area is 126 Å². The highest BCUT2D eigenvalue weighted by molar-refractivity contribution is 7.11. The second-order valence-electron chi connectivity index (χ2n) is 5.94. The van der Waals surface area contributed by atoms with Gasteiger partial charge in [0.2, 0.25) is 0 Å². The van der Waals surface area contributed by atoms with Gasteiger partial charge in [-0.1, -0.05) is 12.8 Å². The van der Waals surface area contributed by atoms with Crippen molar-refractivity contribution in [2.45, 2.75) is 38.8 Å². The number of likely N-dealkylation sites (tertiary alicyclic amines) is 1. The van der Waals surface area contributed by atoms with E-state index >= 15 is 0 Å². The SMILES string of the molecule is c1nc(CN2CCCCCC2)sc1CN1CCNCC1. The zero-order valence-electron chi connectivity index (χ0n) is 12.3. The van der Waals surface area contributed by atoms with Gasteiger partial charge in [-0.2, -0.15) is 0 Å². The average molecular weight is 294 g/mol. The summed E-state index contributed by atoms with van der Waals surface area (Å²) in [4.78, 5) is 11.2. The fraction of sp³-hybridized carbons (Fsp3) is 0.800. The first-order chi connectivity index (χ1) is 9.90. The van der Waals surface area contributed by atoms with Gasteiger partial charge in [-0.15, -0.1) is 11.3 Å². The second kappa shape index (κ2) is 7.50. The molecule has 0 unspecified atom stereocenters. The number of thiazole rings is 1. The molecular weight excluding hydrogens is 268 g/mol. The van der Waals surface area contributed by atoms with Crippen LogP contribution in [0.2, 0.25) is 0 Å². The van der Waals surface area contributed by atoms with E-state index in [1.807, 2.05) is 11.3 Å². The number of hydrogen-bond acceptors (Lipinski definition) is 5. The molecule has 3 rings (SSSR count). The Morgan fingerprint density at radius 3 is 2.40 bits per heavy atom. The summed E-state index contributed by atoms with van der Waals surface area (Å²) in [5.74, 6) is 0. The van der Waals surface area contributed by atoms with Crippen LogP contribution in [0.1, 0.15) is 35.6 Å². The second-order valence-corrected chi connectivity index (χ2v) is 7.14. The maximum absolute atomic E-state index is 4.64. The summed E-state index contributed by atoms with van der Waals surface area (Å²) in [6.45, 7) is 9.24. The van der Waals surface area contributed by atoms with Crippen molar-refractivity contribution in [2.24, 2.45) is 0 Å². The van der Waals surface area contributed by atoms with Crippen LogP contribution in [0.4, 0.5) is 0 Å². The molecule has 4 nitrogen and oxygen atoms in total. The molecule has 5 heteroatoms. The molecule has 20 heavy (non-hydrogen) atoms. The highest BCUT2D eigenvalue weighted by Crippen LogP contribution is 2.19. The maximum atomic E-state index is 4.64. The van der Waals surface area contributed by atoms with E-state index in [4.69, 9.17) is 0 Å². The van der Waals surface area contributed by atoms with Gasteiger partial charge in [0.25, 0.3) is 0 Å². The number of piperazine rings is 1. The first-order valence-corrected chi connectivity index (χ1v) is 8.81. The predicted octanol–water partition coefficient (Wildman–Crippen LogP) is 1.92. The van der Waals surface area contributed by atoms with Gasteiger partial charge in [0.15, 0.2) is 0 Å². The van der Waals surface area contributed by atoms with Crippen LogP contribution in [-0.4, -0.2) is 54.1 Å². The lowest BCUT2D eigenvalue weighted by Gasteiger charge is -2.26. The molecule has 1 aromatic heterocycles. The Kier molecular flexibility index (Phi) is 5.42.